The average Bonchev–Trinajstić information content (AvgIpc) is 3.39. The lowest BCUT2D eigenvalue weighted by Crippen LogP contribution is -2.07. The summed E-state index contributed by atoms with van der Waals surface area (Å²) in [4.78, 5) is 11.7. The van der Waals surface area contributed by atoms with Crippen LogP contribution in [0.5, 0.6) is 0 Å². The number of carbonyl (C=O) groups is 1. The zero-order valence-corrected chi connectivity index (χ0v) is 13.1. The van der Waals surface area contributed by atoms with Crippen LogP contribution in [0.3, 0.4) is 0 Å². The molecule has 23 heavy (non-hydrogen) atoms. The second-order valence-corrected chi connectivity index (χ2v) is 5.89. The molecule has 0 aromatic heterocycles. The summed E-state index contributed by atoms with van der Waals surface area (Å²) in [6.07, 6.45) is 3.87. The van der Waals surface area contributed by atoms with Gasteiger partial charge in [-0.3, -0.25) is 4.79 Å². The molecule has 0 aliphatic heterocycles. The van der Waals surface area contributed by atoms with Gasteiger partial charge in [0.15, 0.2) is 0 Å². The average molecular weight is 308 g/mol. The lowest BCUT2D eigenvalue weighted by Gasteiger charge is -2.15. The van der Waals surface area contributed by atoms with Crippen LogP contribution in [0.2, 0.25) is 0 Å². The number of methoxy groups -OCH3 is 1. The Balaban J connectivity index is 2.10. The third-order valence-electron chi connectivity index (χ3n) is 4.30. The third kappa shape index (κ3) is 3.11. The number of nitrogen functional groups attached to an aromatic ring is 1. The van der Waals surface area contributed by atoms with E-state index in [0.29, 0.717) is 23.6 Å². The molecule has 0 unspecified atom stereocenters. The normalized spacial score (nSPS) is 13.6. The van der Waals surface area contributed by atoms with Crippen LogP contribution in [0.1, 0.15) is 35.4 Å². The maximum Gasteiger partial charge on any atom is 0.309 e. The highest BCUT2D eigenvalue weighted by atomic mass is 16.5. The molecule has 1 saturated carbocycles. The van der Waals surface area contributed by atoms with Crippen LogP contribution in [0.4, 0.5) is 5.69 Å². The zero-order valence-electron chi connectivity index (χ0n) is 13.1. The summed E-state index contributed by atoms with van der Waals surface area (Å²) in [7, 11) is 1.42. The Morgan fingerprint density at radius 2 is 2.13 bits per heavy atom. The fraction of sp³-hybridized carbons (Fsp3) is 0.263. The Morgan fingerprint density at radius 3 is 2.78 bits per heavy atom. The van der Waals surface area contributed by atoms with Crippen LogP contribution in [-0.4, -0.2) is 19.3 Å². The minimum Gasteiger partial charge on any atom is -0.469 e. The molecule has 1 aliphatic carbocycles. The first-order chi connectivity index (χ1) is 11.1. The van der Waals surface area contributed by atoms with Gasteiger partial charge in [0.05, 0.1) is 13.5 Å². The molecule has 0 bridgehead atoms. The first-order valence-electron chi connectivity index (χ1n) is 7.73. The zero-order chi connectivity index (χ0) is 16.4. The van der Waals surface area contributed by atoms with Crippen LogP contribution in [0, 0.1) is 5.41 Å². The molecule has 4 nitrogen and oxygen atoms in total. The van der Waals surface area contributed by atoms with Crippen LogP contribution in [0.15, 0.2) is 36.4 Å². The van der Waals surface area contributed by atoms with Gasteiger partial charge >= 0.3 is 5.97 Å². The number of esters is 1. The van der Waals surface area contributed by atoms with Gasteiger partial charge in [0.25, 0.3) is 0 Å². The molecule has 2 aromatic carbocycles. The van der Waals surface area contributed by atoms with E-state index in [9.17, 15) is 4.79 Å². The summed E-state index contributed by atoms with van der Waals surface area (Å²) in [5.41, 5.74) is 11.6. The van der Waals surface area contributed by atoms with Crippen molar-refractivity contribution in [1.29, 1.82) is 5.41 Å². The molecular formula is C19H20N2O2. The Bertz CT molecular complexity index is 764. The molecule has 1 fully saturated rings. The number of hydrogen-bond acceptors (Lipinski definition) is 4. The van der Waals surface area contributed by atoms with E-state index in [4.69, 9.17) is 15.9 Å². The molecule has 118 valence electrons. The summed E-state index contributed by atoms with van der Waals surface area (Å²) in [6, 6.07) is 11.8. The van der Waals surface area contributed by atoms with E-state index in [1.807, 2.05) is 30.3 Å². The molecular weight excluding hydrogens is 288 g/mol. The molecule has 0 spiro atoms. The predicted octanol–water partition coefficient (Wildman–Crippen LogP) is 3.53. The molecule has 4 heteroatoms. The predicted molar refractivity (Wildman–Crippen MR) is 91.9 cm³/mol. The number of nitrogens with two attached hydrogens (primary N) is 1. The van der Waals surface area contributed by atoms with Gasteiger partial charge in [0.2, 0.25) is 0 Å². The Hall–Kier alpha value is -2.62. The monoisotopic (exact) mass is 308 g/mol. The van der Waals surface area contributed by atoms with E-state index < -0.39 is 0 Å². The smallest absolute Gasteiger partial charge is 0.309 e. The maximum atomic E-state index is 11.7. The minimum atomic E-state index is -0.221. The molecule has 0 heterocycles. The SMILES string of the molecule is COC(=O)Cc1cccc(-c2ccc(N)c(C=N)c2)c1C1CC1. The van der Waals surface area contributed by atoms with Crippen molar-refractivity contribution in [2.45, 2.75) is 25.2 Å². The highest BCUT2D eigenvalue weighted by Gasteiger charge is 2.29. The summed E-state index contributed by atoms with van der Waals surface area (Å²) < 4.78 is 4.82. The topological polar surface area (TPSA) is 76.2 Å². The lowest BCUT2D eigenvalue weighted by molar-refractivity contribution is -0.139. The van der Waals surface area contributed by atoms with Crippen molar-refractivity contribution in [3.63, 3.8) is 0 Å². The molecule has 3 N–H and O–H groups in total. The number of benzene rings is 2. The number of anilines is 1. The summed E-state index contributed by atoms with van der Waals surface area (Å²) in [5.74, 6) is 0.286. The van der Waals surface area contributed by atoms with Gasteiger partial charge in [-0.15, -0.1) is 0 Å². The van der Waals surface area contributed by atoms with E-state index >= 15 is 0 Å². The molecule has 2 aromatic rings. The van der Waals surface area contributed by atoms with Crippen molar-refractivity contribution < 1.29 is 9.53 Å². The fourth-order valence-corrected chi connectivity index (χ4v) is 2.97. The maximum absolute atomic E-state index is 11.7. The van der Waals surface area contributed by atoms with Gasteiger partial charge in [0, 0.05) is 17.5 Å². The minimum absolute atomic E-state index is 0.221. The van der Waals surface area contributed by atoms with Crippen molar-refractivity contribution >= 4 is 17.9 Å². The lowest BCUT2D eigenvalue weighted by atomic mass is 9.90. The Morgan fingerprint density at radius 1 is 1.35 bits per heavy atom. The number of nitrogens with one attached hydrogen (secondary N) is 1. The van der Waals surface area contributed by atoms with Gasteiger partial charge < -0.3 is 15.9 Å². The van der Waals surface area contributed by atoms with Crippen LogP contribution >= 0.6 is 0 Å². The van der Waals surface area contributed by atoms with Gasteiger partial charge in [-0.2, -0.15) is 0 Å². The summed E-state index contributed by atoms with van der Waals surface area (Å²) >= 11 is 0. The van der Waals surface area contributed by atoms with Crippen molar-refractivity contribution in [2.24, 2.45) is 0 Å². The number of carbonyl (C=O) groups excluding carboxylic acids is 1. The van der Waals surface area contributed by atoms with Crippen molar-refractivity contribution in [3.05, 3.63) is 53.1 Å². The molecule has 0 radical (unpaired) electrons. The van der Waals surface area contributed by atoms with Crippen LogP contribution < -0.4 is 5.73 Å². The first kappa shape index (κ1) is 15.3. The van der Waals surface area contributed by atoms with Gasteiger partial charge in [-0.25, -0.2) is 0 Å². The first-order valence-corrected chi connectivity index (χ1v) is 7.73. The highest BCUT2D eigenvalue weighted by Crippen LogP contribution is 2.46. The third-order valence-corrected chi connectivity index (χ3v) is 4.30. The van der Waals surface area contributed by atoms with E-state index in [1.165, 1.54) is 18.9 Å². The van der Waals surface area contributed by atoms with Crippen molar-refractivity contribution in [2.75, 3.05) is 12.8 Å². The molecule has 1 aliphatic rings. The van der Waals surface area contributed by atoms with E-state index in [1.54, 1.807) is 0 Å². The quantitative estimate of drug-likeness (QED) is 0.504. The van der Waals surface area contributed by atoms with E-state index in [2.05, 4.69) is 6.07 Å². The fourth-order valence-electron chi connectivity index (χ4n) is 2.97. The number of hydrogen-bond donors (Lipinski definition) is 2. The van der Waals surface area contributed by atoms with Crippen LogP contribution in [0.25, 0.3) is 11.1 Å². The van der Waals surface area contributed by atoms with Gasteiger partial charge in [0.1, 0.15) is 0 Å². The summed E-state index contributed by atoms with van der Waals surface area (Å²) in [6.45, 7) is 0. The summed E-state index contributed by atoms with van der Waals surface area (Å²) in [5, 5.41) is 7.49. The van der Waals surface area contributed by atoms with E-state index in [-0.39, 0.29) is 5.97 Å². The number of ether oxygens (including phenoxy) is 1. The molecule has 0 amide bonds. The second kappa shape index (κ2) is 6.24. The highest BCUT2D eigenvalue weighted by molar-refractivity contribution is 5.88. The molecule has 0 saturated heterocycles. The van der Waals surface area contributed by atoms with E-state index in [0.717, 1.165) is 29.5 Å². The van der Waals surface area contributed by atoms with Crippen molar-refractivity contribution in [3.8, 4) is 11.1 Å². The standard InChI is InChI=1S/C19H20N2O2/c1-23-18(22)10-14-3-2-4-16(19(14)12-5-6-12)13-7-8-17(21)15(9-13)11-20/h2-4,7-9,11-12,20H,5-6,10,21H2,1H3. The second-order valence-electron chi connectivity index (χ2n) is 5.89. The van der Waals surface area contributed by atoms with Gasteiger partial charge in [-0.1, -0.05) is 24.3 Å². The molecule has 3 rings (SSSR count). The largest absolute Gasteiger partial charge is 0.469 e. The van der Waals surface area contributed by atoms with Gasteiger partial charge in [-0.05, 0) is 53.1 Å². The Labute approximate surface area is 135 Å². The Kier molecular flexibility index (Phi) is 4.15. The number of rotatable bonds is 5. The van der Waals surface area contributed by atoms with Crippen LogP contribution in [-0.2, 0) is 16.0 Å². The van der Waals surface area contributed by atoms with Crippen molar-refractivity contribution in [1.82, 2.24) is 0 Å². The molecule has 0 atom stereocenters.